The lowest BCUT2D eigenvalue weighted by molar-refractivity contribution is -0.202. The van der Waals surface area contributed by atoms with E-state index in [1.165, 1.54) is 5.57 Å². The van der Waals surface area contributed by atoms with Crippen molar-refractivity contribution in [2.75, 3.05) is 0 Å². The number of aliphatic hydroxyl groups excluding tert-OH is 1. The zero-order chi connectivity index (χ0) is 25.1. The average Bonchev–Trinajstić information content (AvgIpc) is 2.73. The van der Waals surface area contributed by atoms with Crippen LogP contribution in [-0.2, 0) is 9.59 Å². The van der Waals surface area contributed by atoms with E-state index in [2.05, 4.69) is 47.6 Å². The molecule has 0 bridgehead atoms. The topological polar surface area (TPSA) is 80.4 Å². The second kappa shape index (κ2) is 6.99. The molecular weight excluding hydrogens is 422 g/mol. The second-order valence-corrected chi connectivity index (χ2v) is 15.0. The summed E-state index contributed by atoms with van der Waals surface area (Å²) < 4.78 is 0. The molecule has 2 unspecified atom stereocenters. The summed E-state index contributed by atoms with van der Waals surface area (Å²) in [5.41, 5.74) is 6.49. The highest BCUT2D eigenvalue weighted by Gasteiger charge is 2.70. The fraction of sp³-hybridized carbons (Fsp3) is 0.867. The average molecular weight is 470 g/mol. The van der Waals surface area contributed by atoms with Gasteiger partial charge in [-0.3, -0.25) is 9.59 Å². The number of allylic oxidation sites excluding steroid dienone is 2. The van der Waals surface area contributed by atoms with E-state index in [9.17, 15) is 14.7 Å². The molecule has 34 heavy (non-hydrogen) atoms. The summed E-state index contributed by atoms with van der Waals surface area (Å²) in [5.74, 6) is 0.713. The molecule has 0 aromatic heterocycles. The van der Waals surface area contributed by atoms with Crippen molar-refractivity contribution in [3.63, 3.8) is 0 Å². The number of hydrogen-bond donors (Lipinski definition) is 2. The highest BCUT2D eigenvalue weighted by atomic mass is 16.3. The van der Waals surface area contributed by atoms with Gasteiger partial charge in [0.25, 0.3) is 0 Å². The fourth-order valence-electron chi connectivity index (χ4n) is 10.4. The number of hydrogen-bond acceptors (Lipinski definition) is 3. The van der Waals surface area contributed by atoms with Crippen molar-refractivity contribution in [2.24, 2.45) is 56.0 Å². The maximum atomic E-state index is 14.2. The molecule has 4 nitrogen and oxygen atoms in total. The SMILES string of the molecule is CC1(C(N)=O)CC[C@]2(C)CC[C@]3(C)C(=CC(=O)[C@@H]4[C@@]5(C)CC[C@H](O)C(C)(C)C5CC[C@]43C)[C@@H]2C1. The zero-order valence-electron chi connectivity index (χ0n) is 22.6. The summed E-state index contributed by atoms with van der Waals surface area (Å²) in [7, 11) is 0. The first-order chi connectivity index (χ1) is 15.6. The van der Waals surface area contributed by atoms with E-state index in [-0.39, 0.29) is 50.9 Å². The van der Waals surface area contributed by atoms with Gasteiger partial charge in [0.1, 0.15) is 0 Å². The van der Waals surface area contributed by atoms with Crippen LogP contribution in [-0.4, -0.2) is 22.9 Å². The van der Waals surface area contributed by atoms with Crippen molar-refractivity contribution in [3.8, 4) is 0 Å². The van der Waals surface area contributed by atoms with Crippen LogP contribution < -0.4 is 5.73 Å². The predicted octanol–water partition coefficient (Wildman–Crippen LogP) is 5.81. The van der Waals surface area contributed by atoms with Crippen LogP contribution in [0, 0.1) is 50.2 Å². The second-order valence-electron chi connectivity index (χ2n) is 15.0. The third-order valence-corrected chi connectivity index (χ3v) is 13.1. The molecule has 0 radical (unpaired) electrons. The Labute approximate surface area is 206 Å². The number of fused-ring (bicyclic) bond motifs is 7. The Morgan fingerprint density at radius 1 is 0.941 bits per heavy atom. The lowest BCUT2D eigenvalue weighted by atomic mass is 9.33. The Hall–Kier alpha value is -1.16. The first-order valence-electron chi connectivity index (χ1n) is 13.8. The van der Waals surface area contributed by atoms with Crippen LogP contribution in [0.4, 0.5) is 0 Å². The zero-order valence-corrected chi connectivity index (χ0v) is 22.6. The number of aliphatic hydroxyl groups is 1. The van der Waals surface area contributed by atoms with Gasteiger partial charge < -0.3 is 10.8 Å². The minimum atomic E-state index is -0.489. The van der Waals surface area contributed by atoms with Gasteiger partial charge >= 0.3 is 0 Å². The van der Waals surface area contributed by atoms with Crippen molar-refractivity contribution in [1.29, 1.82) is 0 Å². The number of amides is 1. The summed E-state index contributed by atoms with van der Waals surface area (Å²) in [5, 5.41) is 10.9. The van der Waals surface area contributed by atoms with Gasteiger partial charge in [-0.25, -0.2) is 0 Å². The standard InChI is InChI=1S/C30H47NO3/c1-25(2)21-8-11-30(7)23(28(21,5)10-9-22(25)33)20(32)16-18-19-17-27(4,24(31)34)13-12-26(19,3)14-15-29(18,30)6/h16,19,21-23,33H,8-15,17H2,1-7H3,(H2,31,34)/t19-,21?,22-,23+,26+,27?,28-,29+,30+/m0/s1. The van der Waals surface area contributed by atoms with Crippen LogP contribution in [0.3, 0.4) is 0 Å². The van der Waals surface area contributed by atoms with E-state index >= 15 is 0 Å². The monoisotopic (exact) mass is 469 g/mol. The minimum Gasteiger partial charge on any atom is -0.393 e. The van der Waals surface area contributed by atoms with Crippen LogP contribution in [0.15, 0.2) is 11.6 Å². The first-order valence-corrected chi connectivity index (χ1v) is 13.8. The van der Waals surface area contributed by atoms with Gasteiger partial charge in [-0.2, -0.15) is 0 Å². The van der Waals surface area contributed by atoms with Crippen molar-refractivity contribution in [1.82, 2.24) is 0 Å². The molecule has 4 saturated carbocycles. The molecule has 5 rings (SSSR count). The van der Waals surface area contributed by atoms with Crippen LogP contribution in [0.5, 0.6) is 0 Å². The van der Waals surface area contributed by atoms with Gasteiger partial charge in [0, 0.05) is 11.3 Å². The van der Waals surface area contributed by atoms with Crippen molar-refractivity contribution >= 4 is 11.7 Å². The molecule has 5 aliphatic rings. The van der Waals surface area contributed by atoms with Crippen molar-refractivity contribution in [3.05, 3.63) is 11.6 Å². The summed E-state index contributed by atoms with van der Waals surface area (Å²) >= 11 is 0. The molecule has 4 fully saturated rings. The predicted molar refractivity (Wildman–Crippen MR) is 135 cm³/mol. The molecule has 190 valence electrons. The van der Waals surface area contributed by atoms with E-state index in [0.29, 0.717) is 11.7 Å². The molecule has 0 spiro atoms. The lowest BCUT2D eigenvalue weighted by Crippen LogP contribution is -2.66. The number of ketones is 1. The summed E-state index contributed by atoms with van der Waals surface area (Å²) in [6.07, 6.45) is 10.5. The highest BCUT2D eigenvalue weighted by Crippen LogP contribution is 2.75. The van der Waals surface area contributed by atoms with Crippen LogP contribution in [0.2, 0.25) is 0 Å². The molecule has 1 amide bonds. The Balaban J connectivity index is 1.62. The third kappa shape index (κ3) is 2.81. The third-order valence-electron chi connectivity index (χ3n) is 13.1. The van der Waals surface area contributed by atoms with Gasteiger partial charge in [-0.15, -0.1) is 0 Å². The lowest BCUT2D eigenvalue weighted by Gasteiger charge is -2.70. The van der Waals surface area contributed by atoms with E-state index in [4.69, 9.17) is 5.73 Å². The molecule has 4 heteroatoms. The van der Waals surface area contributed by atoms with Gasteiger partial charge in [-0.1, -0.05) is 54.0 Å². The maximum absolute atomic E-state index is 14.2. The molecule has 0 aromatic carbocycles. The largest absolute Gasteiger partial charge is 0.393 e. The Bertz CT molecular complexity index is 968. The van der Waals surface area contributed by atoms with Crippen LogP contribution in [0.25, 0.3) is 0 Å². The summed E-state index contributed by atoms with van der Waals surface area (Å²) in [6, 6.07) is 0. The van der Waals surface area contributed by atoms with Crippen molar-refractivity contribution in [2.45, 2.75) is 112 Å². The number of carbonyl (C=O) groups is 2. The molecule has 5 aliphatic carbocycles. The van der Waals surface area contributed by atoms with E-state index in [1.807, 2.05) is 6.92 Å². The first kappa shape index (κ1) is 24.5. The Morgan fingerprint density at radius 3 is 2.24 bits per heavy atom. The van der Waals surface area contributed by atoms with E-state index < -0.39 is 5.41 Å². The molecule has 0 aliphatic heterocycles. The molecule has 3 N–H and O–H groups in total. The van der Waals surface area contributed by atoms with Gasteiger partial charge in [0.15, 0.2) is 5.78 Å². The minimum absolute atomic E-state index is 0.00487. The smallest absolute Gasteiger partial charge is 0.223 e. The van der Waals surface area contributed by atoms with Gasteiger partial charge in [0.05, 0.1) is 6.10 Å². The van der Waals surface area contributed by atoms with Gasteiger partial charge in [0.2, 0.25) is 5.91 Å². The van der Waals surface area contributed by atoms with E-state index in [1.54, 1.807) is 0 Å². The molecule has 0 saturated heterocycles. The Kier molecular flexibility index (Phi) is 5.04. The number of carbonyl (C=O) groups excluding carboxylic acids is 2. The number of rotatable bonds is 1. The fourth-order valence-corrected chi connectivity index (χ4v) is 10.4. The molecule has 9 atom stereocenters. The van der Waals surface area contributed by atoms with Gasteiger partial charge in [-0.05, 0) is 103 Å². The van der Waals surface area contributed by atoms with Crippen LogP contribution >= 0.6 is 0 Å². The number of nitrogens with two attached hydrogens (primary N) is 1. The highest BCUT2D eigenvalue weighted by molar-refractivity contribution is 5.95. The Morgan fingerprint density at radius 2 is 1.59 bits per heavy atom. The maximum Gasteiger partial charge on any atom is 0.223 e. The van der Waals surface area contributed by atoms with Crippen LogP contribution in [0.1, 0.15) is 106 Å². The van der Waals surface area contributed by atoms with E-state index in [0.717, 1.165) is 57.8 Å². The number of primary amides is 1. The van der Waals surface area contributed by atoms with Crippen molar-refractivity contribution < 1.29 is 14.7 Å². The normalized spacial score (nSPS) is 54.1. The molecule has 0 aromatic rings. The molecular formula is C30H47NO3. The summed E-state index contributed by atoms with van der Waals surface area (Å²) in [4.78, 5) is 26.7. The molecule has 0 heterocycles. The quantitative estimate of drug-likeness (QED) is 0.508. The summed E-state index contributed by atoms with van der Waals surface area (Å²) in [6.45, 7) is 16.1.